The third-order valence-electron chi connectivity index (χ3n) is 5.21. The maximum Gasteiger partial charge on any atom is 0.198 e. The Kier molecular flexibility index (Phi) is 6.74. The number of hydrogen-bond acceptors (Lipinski definition) is 4. The molecule has 0 fully saturated rings. The molecule has 0 unspecified atom stereocenters. The minimum atomic E-state index is -2.32. The van der Waals surface area contributed by atoms with E-state index in [2.05, 4.69) is 65.8 Å². The molecule has 0 spiro atoms. The molecule has 0 aliphatic carbocycles. The number of fused-ring (bicyclic) bond motifs is 1. The van der Waals surface area contributed by atoms with Crippen LogP contribution in [-0.4, -0.2) is 14.8 Å². The van der Waals surface area contributed by atoms with Crippen LogP contribution in [0.15, 0.2) is 95.8 Å². The Morgan fingerprint density at radius 3 is 2.06 bits per heavy atom. The van der Waals surface area contributed by atoms with Crippen molar-refractivity contribution in [2.75, 3.05) is 5.09 Å². The summed E-state index contributed by atoms with van der Waals surface area (Å²) >= 11 is 9.65. The second-order valence-electron chi connectivity index (χ2n) is 7.63. The molecule has 33 heavy (non-hydrogen) atoms. The molecule has 3 aromatic carbocycles. The van der Waals surface area contributed by atoms with Crippen molar-refractivity contribution in [1.29, 1.82) is 0 Å². The van der Waals surface area contributed by atoms with E-state index in [1.807, 2.05) is 41.9 Å². The molecule has 1 atom stereocenters. The molecule has 8 heteroatoms. The van der Waals surface area contributed by atoms with Gasteiger partial charge in [-0.3, -0.25) is 0 Å². The Morgan fingerprint density at radius 2 is 1.42 bits per heavy atom. The minimum Gasteiger partial charge on any atom is -0.317 e. The normalized spacial score (nSPS) is 17.2. The van der Waals surface area contributed by atoms with Crippen molar-refractivity contribution in [3.63, 3.8) is 0 Å². The molecule has 4 nitrogen and oxygen atoms in total. The number of thioether (sulfide) groups is 1. The third-order valence-corrected chi connectivity index (χ3v) is 11.6. The zero-order valence-corrected chi connectivity index (χ0v) is 21.4. The number of benzene rings is 3. The quantitative estimate of drug-likeness (QED) is 0.275. The molecule has 0 bridgehead atoms. The standard InChI is InChI=1S/C25H23N4PS3/c1-19-23-24(29(26-19)22-15-9-4-10-16-22)27-30(31,33-18-21-13-7-3-8-14-21)28-25(23)32-17-20-11-5-2-6-12-20/h2-16H,17-18H2,1H3,(H,27,28,31)/t30-/m0/s1. The van der Waals surface area contributed by atoms with Gasteiger partial charge in [-0.1, -0.05) is 90.2 Å². The SMILES string of the molecule is Cc1nn(-c2ccccc2)c2c1C(SCc1ccccc1)=N[P@@](=S)(SCc1ccccc1)N2. The highest BCUT2D eigenvalue weighted by Crippen LogP contribution is 2.64. The number of hydrogen-bond donors (Lipinski definition) is 1. The molecule has 0 amide bonds. The summed E-state index contributed by atoms with van der Waals surface area (Å²) in [5.74, 6) is 2.61. The fourth-order valence-electron chi connectivity index (χ4n) is 3.60. The number of aromatic nitrogens is 2. The first-order chi connectivity index (χ1) is 16.1. The lowest BCUT2D eigenvalue weighted by Crippen LogP contribution is -2.12. The molecule has 0 radical (unpaired) electrons. The largest absolute Gasteiger partial charge is 0.317 e. The van der Waals surface area contributed by atoms with Crippen molar-refractivity contribution in [1.82, 2.24) is 9.78 Å². The van der Waals surface area contributed by atoms with Gasteiger partial charge in [-0.05, 0) is 42.0 Å². The topological polar surface area (TPSA) is 42.2 Å². The van der Waals surface area contributed by atoms with Gasteiger partial charge in [0.2, 0.25) is 0 Å². The highest BCUT2D eigenvalue weighted by molar-refractivity contribution is 8.70. The monoisotopic (exact) mass is 506 g/mol. The molecule has 1 aliphatic heterocycles. The molecular formula is C25H23N4PS3. The van der Waals surface area contributed by atoms with E-state index in [1.54, 1.807) is 23.1 Å². The summed E-state index contributed by atoms with van der Waals surface area (Å²) in [5, 5.41) is 9.50. The van der Waals surface area contributed by atoms with E-state index in [-0.39, 0.29) is 0 Å². The molecule has 2 heterocycles. The van der Waals surface area contributed by atoms with Crippen LogP contribution < -0.4 is 5.09 Å². The first-order valence-electron chi connectivity index (χ1n) is 10.6. The lowest BCUT2D eigenvalue weighted by atomic mass is 10.2. The highest BCUT2D eigenvalue weighted by Gasteiger charge is 2.32. The van der Waals surface area contributed by atoms with Crippen LogP contribution in [0.2, 0.25) is 0 Å². The molecule has 1 N–H and O–H groups in total. The fourth-order valence-corrected chi connectivity index (χ4v) is 9.71. The lowest BCUT2D eigenvalue weighted by molar-refractivity contribution is 0.872. The Labute approximate surface area is 207 Å². The van der Waals surface area contributed by atoms with Crippen LogP contribution in [0.3, 0.4) is 0 Å². The molecular weight excluding hydrogens is 483 g/mol. The first-order valence-corrected chi connectivity index (χ1v) is 15.9. The number of aryl methyl sites for hydroxylation is 1. The van der Waals surface area contributed by atoms with Crippen LogP contribution in [0.4, 0.5) is 5.82 Å². The third kappa shape index (κ3) is 5.12. The van der Waals surface area contributed by atoms with Crippen molar-refractivity contribution < 1.29 is 0 Å². The van der Waals surface area contributed by atoms with Gasteiger partial charge in [0.1, 0.15) is 10.9 Å². The number of nitrogens with zero attached hydrogens (tertiary/aromatic N) is 3. The van der Waals surface area contributed by atoms with Gasteiger partial charge in [-0.15, -0.1) is 11.8 Å². The van der Waals surface area contributed by atoms with Gasteiger partial charge in [0.05, 0.1) is 16.9 Å². The Hall–Kier alpha value is -2.31. The number of nitrogens with one attached hydrogen (secondary N) is 1. The maximum absolute atomic E-state index is 6.18. The molecule has 4 aromatic rings. The first kappa shape index (κ1) is 22.5. The van der Waals surface area contributed by atoms with Crippen LogP contribution in [-0.2, 0) is 23.3 Å². The predicted octanol–water partition coefficient (Wildman–Crippen LogP) is 7.44. The van der Waals surface area contributed by atoms with Gasteiger partial charge >= 0.3 is 0 Å². The average molecular weight is 507 g/mol. The van der Waals surface area contributed by atoms with Crippen LogP contribution >= 0.6 is 28.7 Å². The Bertz CT molecular complexity index is 1320. The van der Waals surface area contributed by atoms with Gasteiger partial charge < -0.3 is 5.09 Å². The van der Waals surface area contributed by atoms with Gasteiger partial charge in [0.25, 0.3) is 0 Å². The van der Waals surface area contributed by atoms with E-state index in [0.29, 0.717) is 0 Å². The second-order valence-corrected chi connectivity index (χ2v) is 15.2. The van der Waals surface area contributed by atoms with E-state index in [4.69, 9.17) is 21.7 Å². The Balaban J connectivity index is 1.51. The summed E-state index contributed by atoms with van der Waals surface area (Å²) in [5.41, 5.74) is 3.22. The smallest absolute Gasteiger partial charge is 0.198 e. The van der Waals surface area contributed by atoms with E-state index < -0.39 is 5.54 Å². The van der Waals surface area contributed by atoms with Crippen molar-refractivity contribution in [3.8, 4) is 5.69 Å². The maximum atomic E-state index is 6.18. The van der Waals surface area contributed by atoms with Gasteiger partial charge in [0.15, 0.2) is 5.54 Å². The van der Waals surface area contributed by atoms with E-state index in [1.165, 1.54) is 11.1 Å². The molecule has 0 saturated carbocycles. The molecule has 1 aliphatic rings. The van der Waals surface area contributed by atoms with Crippen molar-refractivity contribution in [2.45, 2.75) is 18.4 Å². The molecule has 1 aromatic heterocycles. The number of anilines is 1. The summed E-state index contributed by atoms with van der Waals surface area (Å²) in [6.07, 6.45) is 0. The van der Waals surface area contributed by atoms with E-state index in [0.717, 1.165) is 39.3 Å². The van der Waals surface area contributed by atoms with Crippen LogP contribution in [0.25, 0.3) is 5.69 Å². The molecule has 166 valence electrons. The van der Waals surface area contributed by atoms with Crippen LogP contribution in [0.1, 0.15) is 22.4 Å². The summed E-state index contributed by atoms with van der Waals surface area (Å²) in [6.45, 7) is 2.05. The molecule has 0 saturated heterocycles. The van der Waals surface area contributed by atoms with Crippen molar-refractivity contribution >= 4 is 51.4 Å². The van der Waals surface area contributed by atoms with Gasteiger partial charge in [-0.25, -0.2) is 9.44 Å². The highest BCUT2D eigenvalue weighted by atomic mass is 32.9. The van der Waals surface area contributed by atoms with Gasteiger partial charge in [-0.2, -0.15) is 5.10 Å². The van der Waals surface area contributed by atoms with Crippen LogP contribution in [0.5, 0.6) is 0 Å². The summed E-state index contributed by atoms with van der Waals surface area (Å²) in [6, 6.07) is 31.1. The van der Waals surface area contributed by atoms with Crippen LogP contribution in [0, 0.1) is 6.92 Å². The zero-order valence-electron chi connectivity index (χ0n) is 18.1. The minimum absolute atomic E-state index is 0.818. The second kappa shape index (κ2) is 9.90. The van der Waals surface area contributed by atoms with Crippen molar-refractivity contribution in [2.24, 2.45) is 4.76 Å². The van der Waals surface area contributed by atoms with Crippen molar-refractivity contribution in [3.05, 3.63) is 113 Å². The summed E-state index contributed by atoms with van der Waals surface area (Å²) in [4.78, 5) is 0. The van der Waals surface area contributed by atoms with E-state index >= 15 is 0 Å². The fraction of sp³-hybridized carbons (Fsp3) is 0.120. The number of para-hydroxylation sites is 1. The predicted molar refractivity (Wildman–Crippen MR) is 148 cm³/mol. The summed E-state index contributed by atoms with van der Waals surface area (Å²) in [7, 11) is 0. The zero-order chi connectivity index (χ0) is 22.7. The lowest BCUT2D eigenvalue weighted by Gasteiger charge is -2.26. The molecule has 5 rings (SSSR count). The summed E-state index contributed by atoms with van der Waals surface area (Å²) < 4.78 is 7.14. The number of rotatable bonds is 6. The van der Waals surface area contributed by atoms with Gasteiger partial charge in [0, 0.05) is 11.5 Å². The Morgan fingerprint density at radius 1 is 0.848 bits per heavy atom. The van der Waals surface area contributed by atoms with E-state index in [9.17, 15) is 0 Å². The average Bonchev–Trinajstić information content (AvgIpc) is 3.19.